The maximum atomic E-state index is 12.8. The molecule has 0 aliphatic carbocycles. The van der Waals surface area contributed by atoms with Crippen molar-refractivity contribution in [2.24, 2.45) is 0 Å². The van der Waals surface area contributed by atoms with Crippen molar-refractivity contribution >= 4 is 34.7 Å². The summed E-state index contributed by atoms with van der Waals surface area (Å²) in [6.07, 6.45) is 0. The number of ketones is 1. The third kappa shape index (κ3) is 2.47. The van der Waals surface area contributed by atoms with Crippen molar-refractivity contribution in [2.45, 2.75) is 0 Å². The number of halogens is 3. The molecule has 2 aromatic carbocycles. The van der Waals surface area contributed by atoms with Crippen LogP contribution in [0.4, 0.5) is 10.1 Å². The lowest BCUT2D eigenvalue weighted by Crippen LogP contribution is -2.03. The normalized spacial score (nSPS) is 10.4. The Labute approximate surface area is 113 Å². The van der Waals surface area contributed by atoms with Gasteiger partial charge in [-0.2, -0.15) is 0 Å². The summed E-state index contributed by atoms with van der Waals surface area (Å²) in [4.78, 5) is 12.1. The summed E-state index contributed by atoms with van der Waals surface area (Å²) < 4.78 is 12.8. The van der Waals surface area contributed by atoms with Crippen molar-refractivity contribution in [2.75, 3.05) is 5.73 Å². The second-order valence-corrected chi connectivity index (χ2v) is 4.48. The minimum atomic E-state index is -0.403. The highest BCUT2D eigenvalue weighted by Gasteiger charge is 2.13. The van der Waals surface area contributed by atoms with Crippen molar-refractivity contribution in [3.8, 4) is 0 Å². The number of benzene rings is 2. The van der Waals surface area contributed by atoms with Gasteiger partial charge in [0.2, 0.25) is 0 Å². The van der Waals surface area contributed by atoms with Gasteiger partial charge in [0.15, 0.2) is 5.78 Å². The molecular weight excluding hydrogens is 276 g/mol. The molecule has 0 bridgehead atoms. The number of hydrogen-bond acceptors (Lipinski definition) is 2. The predicted octanol–water partition coefficient (Wildman–Crippen LogP) is 3.95. The number of anilines is 1. The monoisotopic (exact) mass is 283 g/mol. The van der Waals surface area contributed by atoms with Crippen LogP contribution in [0.5, 0.6) is 0 Å². The molecule has 18 heavy (non-hydrogen) atoms. The fourth-order valence-corrected chi connectivity index (χ4v) is 1.85. The molecule has 0 heterocycles. The summed E-state index contributed by atoms with van der Waals surface area (Å²) in [5.41, 5.74) is 6.53. The van der Waals surface area contributed by atoms with Gasteiger partial charge in [-0.25, -0.2) is 4.39 Å². The maximum absolute atomic E-state index is 12.8. The molecule has 0 aliphatic heterocycles. The van der Waals surface area contributed by atoms with E-state index < -0.39 is 5.82 Å². The van der Waals surface area contributed by atoms with Crippen molar-refractivity contribution in [3.05, 3.63) is 63.4 Å². The zero-order chi connectivity index (χ0) is 13.3. The van der Waals surface area contributed by atoms with E-state index in [0.717, 1.165) is 0 Å². The topological polar surface area (TPSA) is 43.1 Å². The van der Waals surface area contributed by atoms with Crippen LogP contribution in [0, 0.1) is 5.82 Å². The first-order chi connectivity index (χ1) is 8.49. The average Bonchev–Trinajstić information content (AvgIpc) is 2.35. The van der Waals surface area contributed by atoms with Crippen LogP contribution in [0.25, 0.3) is 0 Å². The molecule has 0 unspecified atom stereocenters. The first-order valence-corrected chi connectivity index (χ1v) is 5.79. The molecule has 0 fully saturated rings. The average molecular weight is 284 g/mol. The maximum Gasteiger partial charge on any atom is 0.193 e. The van der Waals surface area contributed by atoms with Gasteiger partial charge in [-0.05, 0) is 36.4 Å². The number of carbonyl (C=O) groups is 1. The molecule has 2 rings (SSSR count). The number of hydrogen-bond donors (Lipinski definition) is 1. The van der Waals surface area contributed by atoms with E-state index >= 15 is 0 Å². The van der Waals surface area contributed by atoms with Crippen LogP contribution < -0.4 is 5.73 Å². The minimum Gasteiger partial charge on any atom is -0.397 e. The second kappa shape index (κ2) is 4.96. The molecule has 0 amide bonds. The molecule has 5 heteroatoms. The van der Waals surface area contributed by atoms with E-state index in [0.29, 0.717) is 11.1 Å². The van der Waals surface area contributed by atoms with Crippen LogP contribution in [-0.4, -0.2) is 5.78 Å². The van der Waals surface area contributed by atoms with Gasteiger partial charge in [0.1, 0.15) is 5.82 Å². The summed E-state index contributed by atoms with van der Waals surface area (Å²) in [6.45, 7) is 0. The zero-order valence-electron chi connectivity index (χ0n) is 9.08. The molecule has 0 radical (unpaired) electrons. The Morgan fingerprint density at radius 3 is 2.22 bits per heavy atom. The third-order valence-corrected chi connectivity index (χ3v) is 3.24. The molecule has 0 aromatic heterocycles. The largest absolute Gasteiger partial charge is 0.397 e. The standard InChI is InChI=1S/C13H8Cl2FNO/c14-10-5-8(6-11(17)12(10)15)13(18)7-1-3-9(16)4-2-7/h1-6H,17H2. The minimum absolute atomic E-state index is 0.210. The molecule has 0 aliphatic rings. The van der Waals surface area contributed by atoms with Gasteiger partial charge < -0.3 is 5.73 Å². The van der Waals surface area contributed by atoms with Gasteiger partial charge in [0, 0.05) is 11.1 Å². The van der Waals surface area contributed by atoms with Crippen LogP contribution in [0.3, 0.4) is 0 Å². The number of carbonyl (C=O) groups excluding carboxylic acids is 1. The summed E-state index contributed by atoms with van der Waals surface area (Å²) in [7, 11) is 0. The van der Waals surface area contributed by atoms with Gasteiger partial charge in [0.25, 0.3) is 0 Å². The predicted molar refractivity (Wildman–Crippen MR) is 70.7 cm³/mol. The van der Waals surface area contributed by atoms with Gasteiger partial charge in [-0.15, -0.1) is 0 Å². The number of nitrogens with two attached hydrogens (primary N) is 1. The van der Waals surface area contributed by atoms with Gasteiger partial charge in [-0.1, -0.05) is 23.2 Å². The molecule has 0 saturated heterocycles. The van der Waals surface area contributed by atoms with Gasteiger partial charge in [0.05, 0.1) is 15.7 Å². The Kier molecular flexibility index (Phi) is 3.55. The van der Waals surface area contributed by atoms with Crippen LogP contribution in [0.2, 0.25) is 10.0 Å². The number of rotatable bonds is 2. The van der Waals surface area contributed by atoms with Crippen LogP contribution in [0.15, 0.2) is 36.4 Å². The van der Waals surface area contributed by atoms with E-state index in [9.17, 15) is 9.18 Å². The Hall–Kier alpha value is -1.58. The molecule has 92 valence electrons. The fraction of sp³-hybridized carbons (Fsp3) is 0. The second-order valence-electron chi connectivity index (χ2n) is 3.70. The zero-order valence-corrected chi connectivity index (χ0v) is 10.6. The van der Waals surface area contributed by atoms with Crippen molar-refractivity contribution in [1.82, 2.24) is 0 Å². The smallest absolute Gasteiger partial charge is 0.193 e. The third-order valence-electron chi connectivity index (χ3n) is 2.42. The van der Waals surface area contributed by atoms with Crippen LogP contribution >= 0.6 is 23.2 Å². The fourth-order valence-electron chi connectivity index (χ4n) is 1.51. The molecule has 0 spiro atoms. The van der Waals surface area contributed by atoms with E-state index in [4.69, 9.17) is 28.9 Å². The number of nitrogen functional groups attached to an aromatic ring is 1. The Morgan fingerprint density at radius 1 is 1.06 bits per heavy atom. The summed E-state index contributed by atoms with van der Waals surface area (Å²) >= 11 is 11.7. The van der Waals surface area contributed by atoms with Crippen molar-refractivity contribution < 1.29 is 9.18 Å². The van der Waals surface area contributed by atoms with Crippen molar-refractivity contribution in [3.63, 3.8) is 0 Å². The van der Waals surface area contributed by atoms with Gasteiger partial charge >= 0.3 is 0 Å². The summed E-state index contributed by atoms with van der Waals surface area (Å²) in [6, 6.07) is 8.11. The highest BCUT2D eigenvalue weighted by atomic mass is 35.5. The Morgan fingerprint density at radius 2 is 1.67 bits per heavy atom. The van der Waals surface area contributed by atoms with E-state index in [1.807, 2.05) is 0 Å². The quantitative estimate of drug-likeness (QED) is 0.670. The highest BCUT2D eigenvalue weighted by molar-refractivity contribution is 6.44. The highest BCUT2D eigenvalue weighted by Crippen LogP contribution is 2.30. The first kappa shape index (κ1) is 12.9. The molecule has 0 atom stereocenters. The molecule has 0 saturated carbocycles. The summed E-state index contributed by atoms with van der Waals surface area (Å²) in [5, 5.41) is 0.425. The lowest BCUT2D eigenvalue weighted by Gasteiger charge is -2.06. The van der Waals surface area contributed by atoms with Gasteiger partial charge in [-0.3, -0.25) is 4.79 Å². The van der Waals surface area contributed by atoms with Crippen LogP contribution in [-0.2, 0) is 0 Å². The molecule has 2 aromatic rings. The lowest BCUT2D eigenvalue weighted by molar-refractivity contribution is 0.103. The molecule has 2 N–H and O–H groups in total. The Balaban J connectivity index is 2.43. The first-order valence-electron chi connectivity index (χ1n) is 5.04. The van der Waals surface area contributed by atoms with Crippen molar-refractivity contribution in [1.29, 1.82) is 0 Å². The van der Waals surface area contributed by atoms with E-state index in [1.165, 1.54) is 36.4 Å². The summed E-state index contributed by atoms with van der Waals surface area (Å²) in [5.74, 6) is -0.694. The van der Waals surface area contributed by atoms with Crippen LogP contribution in [0.1, 0.15) is 15.9 Å². The molecular formula is C13H8Cl2FNO. The molecule has 2 nitrogen and oxygen atoms in total. The lowest BCUT2D eigenvalue weighted by atomic mass is 10.0. The SMILES string of the molecule is Nc1cc(C(=O)c2ccc(F)cc2)cc(Cl)c1Cl. The van der Waals surface area contributed by atoms with E-state index in [1.54, 1.807) is 0 Å². The van der Waals surface area contributed by atoms with E-state index in [2.05, 4.69) is 0 Å². The van der Waals surface area contributed by atoms with E-state index in [-0.39, 0.29) is 21.5 Å². The Bertz CT molecular complexity index is 588.